The summed E-state index contributed by atoms with van der Waals surface area (Å²) in [5.41, 5.74) is 3.34. The minimum absolute atomic E-state index is 0.0947. The first kappa shape index (κ1) is 13.2. The molecule has 0 spiro atoms. The second-order valence-corrected chi connectivity index (χ2v) is 4.54. The van der Waals surface area contributed by atoms with E-state index in [4.69, 9.17) is 14.2 Å². The number of methoxy groups -OCH3 is 2. The predicted octanol–water partition coefficient (Wildman–Crippen LogP) is 1.98. The largest absolute Gasteiger partial charge is 0.493 e. The molecule has 1 atom stereocenters. The molecule has 0 aromatic heterocycles. The Balaban J connectivity index is 2.44. The van der Waals surface area contributed by atoms with Crippen LogP contribution >= 0.6 is 0 Å². The highest BCUT2D eigenvalue weighted by molar-refractivity contribution is 5.55. The number of benzene rings is 1. The van der Waals surface area contributed by atoms with Crippen molar-refractivity contribution in [1.29, 1.82) is 0 Å². The van der Waals surface area contributed by atoms with E-state index >= 15 is 0 Å². The molecule has 1 aliphatic heterocycles. The van der Waals surface area contributed by atoms with Crippen LogP contribution in [0.5, 0.6) is 11.5 Å². The van der Waals surface area contributed by atoms with Crippen LogP contribution in [0.15, 0.2) is 6.07 Å². The summed E-state index contributed by atoms with van der Waals surface area (Å²) in [7, 11) is 3.34. The molecule has 0 aliphatic carbocycles. The molecule has 1 saturated heterocycles. The van der Waals surface area contributed by atoms with Gasteiger partial charge in [0.1, 0.15) is 0 Å². The first-order valence-corrected chi connectivity index (χ1v) is 6.23. The van der Waals surface area contributed by atoms with Crippen LogP contribution in [0, 0.1) is 13.8 Å². The van der Waals surface area contributed by atoms with E-state index in [1.807, 2.05) is 13.8 Å². The summed E-state index contributed by atoms with van der Waals surface area (Å²) in [6, 6.07) is 2.13. The minimum Gasteiger partial charge on any atom is -0.493 e. The smallest absolute Gasteiger partial charge is 0.164 e. The van der Waals surface area contributed by atoms with E-state index < -0.39 is 0 Å². The van der Waals surface area contributed by atoms with Crippen molar-refractivity contribution in [3.63, 3.8) is 0 Å². The fraction of sp³-hybridized carbons (Fsp3) is 0.571. The van der Waals surface area contributed by atoms with Gasteiger partial charge in [0.15, 0.2) is 11.5 Å². The molecule has 4 nitrogen and oxygen atoms in total. The quantitative estimate of drug-likeness (QED) is 0.891. The summed E-state index contributed by atoms with van der Waals surface area (Å²) >= 11 is 0. The maximum absolute atomic E-state index is 5.81. The Kier molecular flexibility index (Phi) is 4.09. The van der Waals surface area contributed by atoms with Gasteiger partial charge in [0.05, 0.1) is 26.9 Å². The summed E-state index contributed by atoms with van der Waals surface area (Å²) in [6.07, 6.45) is 0.0947. The molecular formula is C14H21NO3. The molecule has 0 radical (unpaired) electrons. The average molecular weight is 251 g/mol. The minimum atomic E-state index is 0.0947. The fourth-order valence-corrected chi connectivity index (χ4v) is 2.49. The van der Waals surface area contributed by atoms with E-state index in [2.05, 4.69) is 11.4 Å². The molecule has 0 bridgehead atoms. The number of nitrogens with one attached hydrogen (secondary N) is 1. The third kappa shape index (κ3) is 2.31. The lowest BCUT2D eigenvalue weighted by molar-refractivity contribution is 0.0271. The zero-order chi connectivity index (χ0) is 13.1. The van der Waals surface area contributed by atoms with Crippen LogP contribution in [0.3, 0.4) is 0 Å². The summed E-state index contributed by atoms with van der Waals surface area (Å²) < 4.78 is 16.7. The van der Waals surface area contributed by atoms with Crippen LogP contribution in [0.1, 0.15) is 22.8 Å². The molecule has 1 aromatic carbocycles. The first-order chi connectivity index (χ1) is 8.69. The Morgan fingerprint density at radius 1 is 1.22 bits per heavy atom. The lowest BCUT2D eigenvalue weighted by Crippen LogP contribution is -2.33. The van der Waals surface area contributed by atoms with E-state index in [0.717, 1.165) is 42.3 Å². The second kappa shape index (κ2) is 5.59. The lowest BCUT2D eigenvalue weighted by Gasteiger charge is -2.27. The number of aryl methyl sites for hydroxylation is 1. The van der Waals surface area contributed by atoms with Gasteiger partial charge in [-0.3, -0.25) is 0 Å². The van der Waals surface area contributed by atoms with E-state index in [9.17, 15) is 0 Å². The fourth-order valence-electron chi connectivity index (χ4n) is 2.49. The standard InChI is InChI=1S/C14H21NO3/c1-9-7-11(12-8-15-5-6-18-12)10(2)14(17-4)13(9)16-3/h7,12,15H,5-6,8H2,1-4H3. The van der Waals surface area contributed by atoms with Crippen LogP contribution < -0.4 is 14.8 Å². The van der Waals surface area contributed by atoms with E-state index in [0.29, 0.717) is 0 Å². The summed E-state index contributed by atoms with van der Waals surface area (Å²) in [6.45, 7) is 6.59. The number of rotatable bonds is 3. The van der Waals surface area contributed by atoms with Crippen LogP contribution in [-0.4, -0.2) is 33.9 Å². The van der Waals surface area contributed by atoms with Gasteiger partial charge < -0.3 is 19.5 Å². The molecule has 1 unspecified atom stereocenters. The van der Waals surface area contributed by atoms with Crippen molar-refractivity contribution in [3.05, 3.63) is 22.8 Å². The van der Waals surface area contributed by atoms with Crippen molar-refractivity contribution in [3.8, 4) is 11.5 Å². The third-order valence-corrected chi connectivity index (χ3v) is 3.39. The molecule has 1 aliphatic rings. The Bertz CT molecular complexity index is 426. The maximum Gasteiger partial charge on any atom is 0.164 e. The topological polar surface area (TPSA) is 39.7 Å². The third-order valence-electron chi connectivity index (χ3n) is 3.39. The van der Waals surface area contributed by atoms with Gasteiger partial charge in [-0.1, -0.05) is 0 Å². The Morgan fingerprint density at radius 2 is 1.94 bits per heavy atom. The van der Waals surface area contributed by atoms with E-state index in [1.54, 1.807) is 14.2 Å². The zero-order valence-electron chi connectivity index (χ0n) is 11.5. The molecule has 1 fully saturated rings. The van der Waals surface area contributed by atoms with Gasteiger partial charge in [-0.2, -0.15) is 0 Å². The Morgan fingerprint density at radius 3 is 2.50 bits per heavy atom. The summed E-state index contributed by atoms with van der Waals surface area (Å²) in [4.78, 5) is 0. The Labute approximate surface area is 108 Å². The Hall–Kier alpha value is -1.26. The van der Waals surface area contributed by atoms with E-state index in [-0.39, 0.29) is 6.10 Å². The van der Waals surface area contributed by atoms with Crippen molar-refractivity contribution < 1.29 is 14.2 Å². The van der Waals surface area contributed by atoms with Crippen LogP contribution in [0.4, 0.5) is 0 Å². The zero-order valence-corrected chi connectivity index (χ0v) is 11.5. The van der Waals surface area contributed by atoms with Crippen LogP contribution in [0.2, 0.25) is 0 Å². The van der Waals surface area contributed by atoms with E-state index in [1.165, 1.54) is 5.56 Å². The van der Waals surface area contributed by atoms with Gasteiger partial charge >= 0.3 is 0 Å². The second-order valence-electron chi connectivity index (χ2n) is 4.54. The first-order valence-electron chi connectivity index (χ1n) is 6.23. The molecule has 0 saturated carbocycles. The normalized spacial score (nSPS) is 19.7. The van der Waals surface area contributed by atoms with Gasteiger partial charge in [0.25, 0.3) is 0 Å². The molecular weight excluding hydrogens is 230 g/mol. The van der Waals surface area contributed by atoms with Crippen LogP contribution in [-0.2, 0) is 4.74 Å². The van der Waals surface area contributed by atoms with Gasteiger partial charge in [0.2, 0.25) is 0 Å². The van der Waals surface area contributed by atoms with Crippen molar-refractivity contribution in [2.75, 3.05) is 33.9 Å². The molecule has 0 amide bonds. The SMILES string of the molecule is COc1c(C)cc(C2CNCCO2)c(C)c1OC. The van der Waals surface area contributed by atoms with Crippen molar-refractivity contribution >= 4 is 0 Å². The van der Waals surface area contributed by atoms with Crippen molar-refractivity contribution in [2.45, 2.75) is 20.0 Å². The molecule has 2 rings (SSSR count). The molecule has 18 heavy (non-hydrogen) atoms. The average Bonchev–Trinajstić information content (AvgIpc) is 2.41. The summed E-state index contributed by atoms with van der Waals surface area (Å²) in [5.74, 6) is 1.61. The predicted molar refractivity (Wildman–Crippen MR) is 70.6 cm³/mol. The number of ether oxygens (including phenoxy) is 3. The highest BCUT2D eigenvalue weighted by Gasteiger charge is 2.22. The van der Waals surface area contributed by atoms with Gasteiger partial charge in [-0.25, -0.2) is 0 Å². The molecule has 1 aromatic rings. The number of hydrogen-bond acceptors (Lipinski definition) is 4. The number of hydrogen-bond donors (Lipinski definition) is 1. The molecule has 1 heterocycles. The monoisotopic (exact) mass is 251 g/mol. The molecule has 100 valence electrons. The highest BCUT2D eigenvalue weighted by Crippen LogP contribution is 2.39. The maximum atomic E-state index is 5.81. The molecule has 1 N–H and O–H groups in total. The lowest BCUT2D eigenvalue weighted by atomic mass is 9.98. The van der Waals surface area contributed by atoms with Crippen molar-refractivity contribution in [2.24, 2.45) is 0 Å². The molecule has 4 heteroatoms. The van der Waals surface area contributed by atoms with Crippen molar-refractivity contribution in [1.82, 2.24) is 5.32 Å². The van der Waals surface area contributed by atoms with Gasteiger partial charge in [-0.15, -0.1) is 0 Å². The highest BCUT2D eigenvalue weighted by atomic mass is 16.5. The van der Waals surface area contributed by atoms with Gasteiger partial charge in [-0.05, 0) is 31.0 Å². The number of morpholine rings is 1. The summed E-state index contributed by atoms with van der Waals surface area (Å²) in [5, 5.41) is 3.35. The van der Waals surface area contributed by atoms with Gasteiger partial charge in [0, 0.05) is 18.7 Å². The van der Waals surface area contributed by atoms with Crippen LogP contribution in [0.25, 0.3) is 0 Å².